The second kappa shape index (κ2) is 6.63. The average Bonchev–Trinajstić information content (AvgIpc) is 2.44. The van der Waals surface area contributed by atoms with Gasteiger partial charge < -0.3 is 11.1 Å². The van der Waals surface area contributed by atoms with Crippen molar-refractivity contribution in [1.29, 1.82) is 0 Å². The van der Waals surface area contributed by atoms with Crippen LogP contribution >= 0.6 is 11.8 Å². The number of carbonyl (C=O) groups is 1. The Hall–Kier alpha value is -2.01. The maximum absolute atomic E-state index is 13.1. The highest BCUT2D eigenvalue weighted by Crippen LogP contribution is 2.23. The molecular weight excluding hydrogens is 287 g/mol. The Morgan fingerprint density at radius 2 is 1.95 bits per heavy atom. The first-order chi connectivity index (χ1) is 9.95. The maximum atomic E-state index is 13.1. The van der Waals surface area contributed by atoms with Gasteiger partial charge in [-0.3, -0.25) is 4.79 Å². The molecule has 2 rings (SSSR count). The Bertz CT molecular complexity index is 673. The first-order valence-electron chi connectivity index (χ1n) is 6.50. The molecule has 0 spiro atoms. The third-order valence-electron chi connectivity index (χ3n) is 3.14. The minimum absolute atomic E-state index is 0.212. The molecule has 0 atom stereocenters. The Kier molecular flexibility index (Phi) is 4.85. The molecule has 2 aromatic rings. The van der Waals surface area contributed by atoms with Crippen LogP contribution in [0.4, 0.5) is 15.8 Å². The van der Waals surface area contributed by atoms with Crippen molar-refractivity contribution in [2.45, 2.75) is 18.7 Å². The monoisotopic (exact) mass is 304 g/mol. The van der Waals surface area contributed by atoms with Gasteiger partial charge in [0, 0.05) is 4.90 Å². The second-order valence-electron chi connectivity index (χ2n) is 4.81. The van der Waals surface area contributed by atoms with Crippen LogP contribution < -0.4 is 11.1 Å². The van der Waals surface area contributed by atoms with Gasteiger partial charge in [0.05, 0.1) is 17.1 Å². The van der Waals surface area contributed by atoms with E-state index in [0.29, 0.717) is 11.4 Å². The molecule has 110 valence electrons. The van der Waals surface area contributed by atoms with Crippen molar-refractivity contribution in [1.82, 2.24) is 0 Å². The van der Waals surface area contributed by atoms with E-state index in [0.717, 1.165) is 4.90 Å². The molecule has 0 aliphatic carbocycles. The van der Waals surface area contributed by atoms with Crippen LogP contribution in [-0.4, -0.2) is 11.7 Å². The lowest BCUT2D eigenvalue weighted by Gasteiger charge is -2.09. The number of rotatable bonds is 4. The van der Waals surface area contributed by atoms with Crippen molar-refractivity contribution in [2.75, 3.05) is 16.8 Å². The van der Waals surface area contributed by atoms with E-state index in [-0.39, 0.29) is 11.7 Å². The summed E-state index contributed by atoms with van der Waals surface area (Å²) in [5.74, 6) is -0.393. The number of thioether (sulfide) groups is 1. The molecule has 0 fully saturated rings. The minimum Gasteiger partial charge on any atom is -0.397 e. The van der Waals surface area contributed by atoms with Crippen molar-refractivity contribution in [3.8, 4) is 0 Å². The fourth-order valence-corrected chi connectivity index (χ4v) is 2.57. The summed E-state index contributed by atoms with van der Waals surface area (Å²) in [6, 6.07) is 9.96. The molecule has 3 N–H and O–H groups in total. The summed E-state index contributed by atoms with van der Waals surface area (Å²) in [5.41, 5.74) is 8.76. The number of nitrogens with one attached hydrogen (secondary N) is 1. The standard InChI is InChI=1S/C16H17FN2OS/c1-10-3-5-13(7-11(10)2)21-9-16(20)19-15-8-12(17)4-6-14(15)18/h3-8H,9,18H2,1-2H3,(H,19,20). The summed E-state index contributed by atoms with van der Waals surface area (Å²) < 4.78 is 13.1. The highest BCUT2D eigenvalue weighted by Gasteiger charge is 2.07. The number of aryl methyl sites for hydroxylation is 2. The van der Waals surface area contributed by atoms with Crippen LogP contribution in [0.15, 0.2) is 41.3 Å². The summed E-state index contributed by atoms with van der Waals surface area (Å²) in [4.78, 5) is 12.9. The maximum Gasteiger partial charge on any atom is 0.234 e. The largest absolute Gasteiger partial charge is 0.397 e. The molecule has 5 heteroatoms. The predicted molar refractivity (Wildman–Crippen MR) is 86.1 cm³/mol. The molecule has 2 aromatic carbocycles. The van der Waals surface area contributed by atoms with Gasteiger partial charge in [-0.05, 0) is 55.3 Å². The molecule has 0 heterocycles. The fraction of sp³-hybridized carbons (Fsp3) is 0.188. The molecule has 0 saturated heterocycles. The van der Waals surface area contributed by atoms with E-state index in [4.69, 9.17) is 5.73 Å². The van der Waals surface area contributed by atoms with Crippen molar-refractivity contribution in [3.05, 3.63) is 53.3 Å². The van der Waals surface area contributed by atoms with Gasteiger partial charge in [-0.25, -0.2) is 4.39 Å². The van der Waals surface area contributed by atoms with Crippen molar-refractivity contribution < 1.29 is 9.18 Å². The Balaban J connectivity index is 1.95. The number of anilines is 2. The predicted octanol–water partition coefficient (Wildman–Crippen LogP) is 3.76. The summed E-state index contributed by atoms with van der Waals surface area (Å²) in [5, 5.41) is 2.62. The van der Waals surface area contributed by atoms with E-state index >= 15 is 0 Å². The van der Waals surface area contributed by atoms with Gasteiger partial charge in [-0.1, -0.05) is 6.07 Å². The van der Waals surface area contributed by atoms with Crippen LogP contribution in [0, 0.1) is 19.7 Å². The van der Waals surface area contributed by atoms with Crippen LogP contribution in [0.5, 0.6) is 0 Å². The quantitative estimate of drug-likeness (QED) is 0.668. The van der Waals surface area contributed by atoms with Crippen LogP contribution in [-0.2, 0) is 4.79 Å². The summed E-state index contributed by atoms with van der Waals surface area (Å²) >= 11 is 1.43. The zero-order valence-corrected chi connectivity index (χ0v) is 12.8. The normalized spacial score (nSPS) is 10.4. The zero-order valence-electron chi connectivity index (χ0n) is 11.9. The summed E-state index contributed by atoms with van der Waals surface area (Å²) in [7, 11) is 0. The Morgan fingerprint density at radius 3 is 2.67 bits per heavy atom. The van der Waals surface area contributed by atoms with Gasteiger partial charge in [0.2, 0.25) is 5.91 Å². The molecule has 0 aliphatic heterocycles. The molecule has 0 bridgehead atoms. The fourth-order valence-electron chi connectivity index (χ4n) is 1.78. The lowest BCUT2D eigenvalue weighted by Crippen LogP contribution is -2.15. The third kappa shape index (κ3) is 4.23. The first-order valence-corrected chi connectivity index (χ1v) is 7.49. The molecule has 0 aromatic heterocycles. The Morgan fingerprint density at radius 1 is 1.19 bits per heavy atom. The topological polar surface area (TPSA) is 55.1 Å². The van der Waals surface area contributed by atoms with E-state index in [2.05, 4.69) is 5.32 Å². The van der Waals surface area contributed by atoms with Crippen molar-refractivity contribution >= 4 is 29.0 Å². The highest BCUT2D eigenvalue weighted by molar-refractivity contribution is 8.00. The van der Waals surface area contributed by atoms with Gasteiger partial charge >= 0.3 is 0 Å². The highest BCUT2D eigenvalue weighted by atomic mass is 32.2. The number of carbonyl (C=O) groups excluding carboxylic acids is 1. The molecule has 1 amide bonds. The van der Waals surface area contributed by atoms with Crippen LogP contribution in [0.25, 0.3) is 0 Å². The van der Waals surface area contributed by atoms with Gasteiger partial charge in [0.25, 0.3) is 0 Å². The van der Waals surface area contributed by atoms with Crippen molar-refractivity contribution in [2.24, 2.45) is 0 Å². The molecule has 0 unspecified atom stereocenters. The third-order valence-corrected chi connectivity index (χ3v) is 4.13. The SMILES string of the molecule is Cc1ccc(SCC(=O)Nc2cc(F)ccc2N)cc1C. The number of nitrogens with two attached hydrogens (primary N) is 1. The van der Waals surface area contributed by atoms with E-state index < -0.39 is 5.82 Å². The van der Waals surface area contributed by atoms with Crippen molar-refractivity contribution in [3.63, 3.8) is 0 Å². The van der Waals surface area contributed by atoms with E-state index in [1.54, 1.807) is 0 Å². The number of halogens is 1. The molecule has 0 radical (unpaired) electrons. The number of hydrogen-bond donors (Lipinski definition) is 2. The molecule has 3 nitrogen and oxygen atoms in total. The lowest BCUT2D eigenvalue weighted by atomic mass is 10.1. The average molecular weight is 304 g/mol. The Labute approximate surface area is 127 Å². The molecule has 0 saturated carbocycles. The van der Waals surface area contributed by atoms with Crippen LogP contribution in [0.2, 0.25) is 0 Å². The van der Waals surface area contributed by atoms with Gasteiger partial charge in [-0.2, -0.15) is 0 Å². The second-order valence-corrected chi connectivity index (χ2v) is 5.86. The summed E-state index contributed by atoms with van der Waals surface area (Å²) in [6.45, 7) is 4.08. The van der Waals surface area contributed by atoms with Crippen LogP contribution in [0.3, 0.4) is 0 Å². The van der Waals surface area contributed by atoms with Gasteiger partial charge in [0.1, 0.15) is 5.82 Å². The molecular formula is C16H17FN2OS. The zero-order chi connectivity index (χ0) is 15.4. The number of amides is 1. The lowest BCUT2D eigenvalue weighted by molar-refractivity contribution is -0.113. The van der Waals surface area contributed by atoms with Gasteiger partial charge in [-0.15, -0.1) is 11.8 Å². The van der Waals surface area contributed by atoms with E-state index in [1.165, 1.54) is 41.1 Å². The molecule has 21 heavy (non-hydrogen) atoms. The van der Waals surface area contributed by atoms with E-state index in [9.17, 15) is 9.18 Å². The smallest absolute Gasteiger partial charge is 0.234 e. The minimum atomic E-state index is -0.429. The van der Waals surface area contributed by atoms with E-state index in [1.807, 2.05) is 32.0 Å². The number of nitrogen functional groups attached to an aromatic ring is 1. The van der Waals surface area contributed by atoms with Crippen LogP contribution in [0.1, 0.15) is 11.1 Å². The number of hydrogen-bond acceptors (Lipinski definition) is 3. The number of benzene rings is 2. The summed E-state index contributed by atoms with van der Waals surface area (Å²) in [6.07, 6.45) is 0. The molecule has 0 aliphatic rings. The first kappa shape index (κ1) is 15.4. The van der Waals surface area contributed by atoms with Gasteiger partial charge in [0.15, 0.2) is 0 Å².